The lowest BCUT2D eigenvalue weighted by Crippen LogP contribution is -2.22. The maximum Gasteiger partial charge on any atom is 0.420 e. The Morgan fingerprint density at radius 2 is 1.12 bits per heavy atom. The van der Waals surface area contributed by atoms with E-state index in [-0.39, 0.29) is 22.8 Å². The highest BCUT2D eigenvalue weighted by Crippen LogP contribution is 2.47. The standard InChI is InChI=1S/C31H39F3O6S2/c32-31(33,34)28-20-25(41(35,36)37)16-17-29(28)40-42(38,39)30-26(22-12-6-2-7-13-22)18-24(21-10-4-1-5-11-21)19-27(30)23-14-8-3-9-15-23/h16-23H,1-15H2,(H,35,36,37)/p-1. The lowest BCUT2D eigenvalue weighted by molar-refractivity contribution is -0.138. The average molecular weight is 628 g/mol. The molecule has 0 unspecified atom stereocenters. The summed E-state index contributed by atoms with van der Waals surface area (Å²) in [5.41, 5.74) is 0.785. The van der Waals surface area contributed by atoms with Crippen molar-refractivity contribution in [1.29, 1.82) is 0 Å². The molecule has 2 aromatic carbocycles. The monoisotopic (exact) mass is 627 g/mol. The maximum atomic E-state index is 14.2. The second-order valence-electron chi connectivity index (χ2n) is 12.2. The molecule has 3 aliphatic carbocycles. The van der Waals surface area contributed by atoms with E-state index in [4.69, 9.17) is 4.18 Å². The second kappa shape index (κ2) is 12.5. The van der Waals surface area contributed by atoms with Gasteiger partial charge < -0.3 is 8.74 Å². The fourth-order valence-electron chi connectivity index (χ4n) is 7.21. The molecule has 232 valence electrons. The minimum absolute atomic E-state index is 0.0190. The van der Waals surface area contributed by atoms with E-state index in [1.165, 1.54) is 6.42 Å². The Labute approximate surface area is 246 Å². The van der Waals surface area contributed by atoms with Gasteiger partial charge >= 0.3 is 16.3 Å². The van der Waals surface area contributed by atoms with Crippen LogP contribution in [0.5, 0.6) is 5.75 Å². The highest BCUT2D eigenvalue weighted by molar-refractivity contribution is 7.87. The van der Waals surface area contributed by atoms with Crippen LogP contribution in [0.15, 0.2) is 40.1 Å². The van der Waals surface area contributed by atoms with Gasteiger partial charge in [0.1, 0.15) is 20.6 Å². The molecule has 2 aromatic rings. The molecule has 0 heterocycles. The van der Waals surface area contributed by atoms with E-state index in [1.807, 2.05) is 12.1 Å². The molecule has 0 atom stereocenters. The summed E-state index contributed by atoms with van der Waals surface area (Å²) < 4.78 is 110. The normalized spacial score (nSPS) is 20.5. The van der Waals surface area contributed by atoms with Gasteiger partial charge in [-0.05, 0) is 91.2 Å². The minimum Gasteiger partial charge on any atom is -0.744 e. The molecule has 11 heteroatoms. The summed E-state index contributed by atoms with van der Waals surface area (Å²) in [4.78, 5) is -1.13. The molecule has 0 amide bonds. The van der Waals surface area contributed by atoms with Crippen molar-refractivity contribution in [3.8, 4) is 5.75 Å². The summed E-state index contributed by atoms with van der Waals surface area (Å²) >= 11 is 0. The van der Waals surface area contributed by atoms with Crippen LogP contribution in [0, 0.1) is 0 Å². The van der Waals surface area contributed by atoms with Crippen molar-refractivity contribution >= 4 is 20.2 Å². The van der Waals surface area contributed by atoms with Gasteiger partial charge in [0.25, 0.3) is 0 Å². The summed E-state index contributed by atoms with van der Waals surface area (Å²) in [7, 11) is -9.99. The Kier molecular flexibility index (Phi) is 9.31. The SMILES string of the molecule is O=S(=O)([O-])c1ccc(OS(=O)(=O)c2c(C3CCCCC3)cc(C3CCCCC3)cc2C2CCCCC2)c(C(F)(F)F)c1. The first-order valence-corrected chi connectivity index (χ1v) is 18.0. The molecule has 6 nitrogen and oxygen atoms in total. The zero-order valence-electron chi connectivity index (χ0n) is 23.6. The van der Waals surface area contributed by atoms with Crippen molar-refractivity contribution in [1.82, 2.24) is 0 Å². The molecule has 0 aliphatic heterocycles. The third-order valence-corrected chi connectivity index (χ3v) is 11.5. The average Bonchev–Trinajstić information content (AvgIpc) is 2.96. The highest BCUT2D eigenvalue weighted by Gasteiger charge is 2.39. The minimum atomic E-state index is -5.21. The van der Waals surface area contributed by atoms with Crippen molar-refractivity contribution in [2.45, 2.75) is 130 Å². The molecule has 3 aliphatic rings. The van der Waals surface area contributed by atoms with Crippen molar-refractivity contribution in [2.24, 2.45) is 0 Å². The zero-order chi connectivity index (χ0) is 30.1. The van der Waals surface area contributed by atoms with E-state index in [1.54, 1.807) is 0 Å². The molecular weight excluding hydrogens is 589 g/mol. The van der Waals surface area contributed by atoms with Gasteiger partial charge in [0.05, 0.1) is 4.90 Å². The molecule has 0 aromatic heterocycles. The van der Waals surface area contributed by atoms with Crippen LogP contribution < -0.4 is 4.18 Å². The molecule has 5 rings (SSSR count). The van der Waals surface area contributed by atoms with Crippen LogP contribution in [0.3, 0.4) is 0 Å². The van der Waals surface area contributed by atoms with Crippen molar-refractivity contribution in [2.75, 3.05) is 0 Å². The van der Waals surface area contributed by atoms with Gasteiger partial charge in [-0.25, -0.2) is 8.42 Å². The van der Waals surface area contributed by atoms with Crippen LogP contribution in [0.1, 0.15) is 136 Å². The first-order valence-electron chi connectivity index (χ1n) is 15.1. The zero-order valence-corrected chi connectivity index (χ0v) is 25.3. The summed E-state index contributed by atoms with van der Waals surface area (Å²) in [5, 5.41) is 0. The molecule has 0 saturated heterocycles. The van der Waals surface area contributed by atoms with Gasteiger partial charge in [0.2, 0.25) is 0 Å². The van der Waals surface area contributed by atoms with E-state index >= 15 is 0 Å². The van der Waals surface area contributed by atoms with Gasteiger partial charge in [-0.3, -0.25) is 0 Å². The lowest BCUT2D eigenvalue weighted by atomic mass is 9.76. The van der Waals surface area contributed by atoms with Crippen LogP contribution in [0.2, 0.25) is 0 Å². The second-order valence-corrected chi connectivity index (χ2v) is 15.0. The topological polar surface area (TPSA) is 101 Å². The van der Waals surface area contributed by atoms with Crippen molar-refractivity contribution in [3.63, 3.8) is 0 Å². The molecule has 0 spiro atoms. The summed E-state index contributed by atoms with van der Waals surface area (Å²) in [5.74, 6) is -0.823. The third-order valence-electron chi connectivity index (χ3n) is 9.33. The largest absolute Gasteiger partial charge is 0.744 e. The predicted octanol–water partition coefficient (Wildman–Crippen LogP) is 8.52. The van der Waals surface area contributed by atoms with Gasteiger partial charge in [0, 0.05) is 0 Å². The van der Waals surface area contributed by atoms with Crippen LogP contribution in [0.25, 0.3) is 0 Å². The van der Waals surface area contributed by atoms with E-state index < -0.39 is 42.6 Å². The highest BCUT2D eigenvalue weighted by atomic mass is 32.2. The number of rotatable bonds is 7. The molecule has 3 fully saturated rings. The van der Waals surface area contributed by atoms with Crippen LogP contribution >= 0.6 is 0 Å². The number of hydrogen-bond acceptors (Lipinski definition) is 6. The fraction of sp³-hybridized carbons (Fsp3) is 0.613. The Hall–Kier alpha value is -2.11. The van der Waals surface area contributed by atoms with Gasteiger partial charge in [-0.2, -0.15) is 21.6 Å². The number of hydrogen-bond donors (Lipinski definition) is 0. The maximum absolute atomic E-state index is 14.2. The Morgan fingerprint density at radius 1 is 0.667 bits per heavy atom. The van der Waals surface area contributed by atoms with Crippen molar-refractivity contribution in [3.05, 3.63) is 52.6 Å². The van der Waals surface area contributed by atoms with Crippen LogP contribution in [-0.4, -0.2) is 21.4 Å². The van der Waals surface area contributed by atoms with Gasteiger partial charge in [-0.15, -0.1) is 0 Å². The van der Waals surface area contributed by atoms with E-state index in [2.05, 4.69) is 0 Å². The van der Waals surface area contributed by atoms with Gasteiger partial charge in [0.15, 0.2) is 5.75 Å². The van der Waals surface area contributed by atoms with Crippen molar-refractivity contribution < 1.29 is 38.7 Å². The molecule has 0 radical (unpaired) electrons. The quantitative estimate of drug-likeness (QED) is 0.225. The van der Waals surface area contributed by atoms with Gasteiger partial charge in [-0.1, -0.05) is 69.9 Å². The summed E-state index contributed by atoms with van der Waals surface area (Å²) in [6.45, 7) is 0. The Balaban J connectivity index is 1.68. The number of halogens is 3. The van der Waals surface area contributed by atoms with E-state index in [0.717, 1.165) is 95.5 Å². The summed E-state index contributed by atoms with van der Waals surface area (Å²) in [6, 6.07) is 5.39. The number of benzene rings is 2. The van der Waals surface area contributed by atoms with Crippen LogP contribution in [0.4, 0.5) is 13.2 Å². The molecule has 0 bridgehead atoms. The van der Waals surface area contributed by atoms with E-state index in [9.17, 15) is 34.6 Å². The lowest BCUT2D eigenvalue weighted by Gasteiger charge is -2.32. The predicted molar refractivity (Wildman–Crippen MR) is 151 cm³/mol. The van der Waals surface area contributed by atoms with E-state index in [0.29, 0.717) is 29.2 Å². The molecule has 42 heavy (non-hydrogen) atoms. The van der Waals surface area contributed by atoms with Crippen LogP contribution in [-0.2, 0) is 26.4 Å². The molecular formula is C31H38F3O6S2-. The summed E-state index contributed by atoms with van der Waals surface area (Å²) in [6.07, 6.45) is 9.37. The third kappa shape index (κ3) is 6.99. The Morgan fingerprint density at radius 3 is 1.55 bits per heavy atom. The fourth-order valence-corrected chi connectivity index (χ4v) is 9.20. The first-order chi connectivity index (χ1) is 19.8. The number of alkyl halides is 3. The first kappa shape index (κ1) is 31.3. The molecule has 0 N–H and O–H groups in total. The Bertz CT molecular complexity index is 1440. The smallest absolute Gasteiger partial charge is 0.420 e. The molecule has 3 saturated carbocycles.